The van der Waals surface area contributed by atoms with Gasteiger partial charge in [0, 0.05) is 146 Å². The minimum absolute atomic E-state index is 0.00694. The van der Waals surface area contributed by atoms with E-state index in [1.807, 2.05) is 121 Å². The first-order valence-corrected chi connectivity index (χ1v) is 39.7. The summed E-state index contributed by atoms with van der Waals surface area (Å²) >= 11 is 0. The largest absolute Gasteiger partial charge is 0.207 e. The van der Waals surface area contributed by atoms with Crippen molar-refractivity contribution in [2.45, 2.75) is 73.4 Å². The molecule has 0 nitrogen and oxygen atoms in total. The first-order valence-electron chi connectivity index (χ1n) is 33.5. The van der Waals surface area contributed by atoms with E-state index >= 15 is 0 Å². The number of rotatable bonds is 15. The number of hydrogen-bond donors (Lipinski definition) is 0. The van der Waals surface area contributed by atoms with Crippen molar-refractivity contribution in [3.63, 3.8) is 0 Å². The van der Waals surface area contributed by atoms with Crippen LogP contribution in [-0.2, 0) is 54.5 Å². The molecular weight excluding hydrogens is 1580 g/mol. The molecule has 0 N–H and O–H groups in total. The molecule has 0 aromatic heterocycles. The fraction of sp³-hybridized carbons (Fsp3) is 0. The highest BCUT2D eigenvalue weighted by atomic mass is 32.2. The SMILES string of the molecule is Fc1cc(F)cc([S+](c2cc(F)cc(F)c2)c2cc(F)cc(F)c2)c1.Fc1cc(F)cc([S+](c2ccccc2)c2cc(F)cc(F)c2)c1.Fc1cc(F)cc([S+](c2ccccc2)c2ccccc2)c1.Fc1ccc([S+](c2ccccc2)c2ccc(F)cc2F)c(F)c1.Fc1ccc([S+](c2ccccc2)c2ccccc2)c(F)c1. The van der Waals surface area contributed by atoms with Gasteiger partial charge in [-0.1, -0.05) is 109 Å². The molecule has 0 aliphatic rings. The van der Waals surface area contributed by atoms with Gasteiger partial charge in [-0.15, -0.1) is 0 Å². The fourth-order valence-electron chi connectivity index (χ4n) is 11.1. The number of hydrogen-bond acceptors (Lipinski definition) is 0. The van der Waals surface area contributed by atoms with Crippen LogP contribution in [0.4, 0.5) is 79.0 Å². The van der Waals surface area contributed by atoms with Gasteiger partial charge in [-0.05, 0) is 91.0 Å². The van der Waals surface area contributed by atoms with Crippen LogP contribution in [0.25, 0.3) is 0 Å². The Kier molecular flexibility index (Phi) is 28.8. The lowest BCUT2D eigenvalue weighted by Crippen LogP contribution is -2.09. The van der Waals surface area contributed by atoms with Crippen molar-refractivity contribution in [1.29, 1.82) is 0 Å². The van der Waals surface area contributed by atoms with Crippen LogP contribution in [0, 0.1) is 105 Å². The van der Waals surface area contributed by atoms with Crippen molar-refractivity contribution in [2.75, 3.05) is 0 Å². The van der Waals surface area contributed by atoms with E-state index in [2.05, 4.69) is 0 Å². The molecule has 0 aliphatic heterocycles. The maximum Gasteiger partial charge on any atom is 0.202 e. The minimum atomic E-state index is -1.52. The van der Waals surface area contributed by atoms with E-state index in [1.165, 1.54) is 60.7 Å². The topological polar surface area (TPSA) is 0 Å². The Morgan fingerprint density at radius 2 is 0.265 bits per heavy atom. The first-order chi connectivity index (χ1) is 54.4. The summed E-state index contributed by atoms with van der Waals surface area (Å²) in [6.45, 7) is 0. The monoisotopic (exact) mass is 1640 g/mol. The van der Waals surface area contributed by atoms with Gasteiger partial charge in [0.2, 0.25) is 14.7 Å². The van der Waals surface area contributed by atoms with Crippen LogP contribution in [-0.4, -0.2) is 0 Å². The van der Waals surface area contributed by atoms with Gasteiger partial charge >= 0.3 is 0 Å². The first kappa shape index (κ1) is 82.7. The van der Waals surface area contributed by atoms with Crippen molar-refractivity contribution in [3.8, 4) is 0 Å². The summed E-state index contributed by atoms with van der Waals surface area (Å²) in [7, 11) is -4.76. The van der Waals surface area contributed by atoms with Crippen molar-refractivity contribution in [3.05, 3.63) is 450 Å². The summed E-state index contributed by atoms with van der Waals surface area (Å²) in [5.41, 5.74) is 0. The summed E-state index contributed by atoms with van der Waals surface area (Å²) in [4.78, 5) is 7.53. The van der Waals surface area contributed by atoms with Crippen LogP contribution < -0.4 is 0 Å². The Hall–Kier alpha value is -11.2. The Morgan fingerprint density at radius 1 is 0.115 bits per heavy atom. The van der Waals surface area contributed by atoms with Crippen LogP contribution in [0.5, 0.6) is 0 Å². The second kappa shape index (κ2) is 39.3. The van der Waals surface area contributed by atoms with Gasteiger partial charge in [0.25, 0.3) is 0 Å². The highest BCUT2D eigenvalue weighted by molar-refractivity contribution is 7.98. The van der Waals surface area contributed by atoms with E-state index in [9.17, 15) is 79.0 Å². The van der Waals surface area contributed by atoms with E-state index in [4.69, 9.17) is 0 Å². The zero-order valence-electron chi connectivity index (χ0n) is 58.3. The quantitative estimate of drug-likeness (QED) is 0.0709. The molecule has 0 aliphatic carbocycles. The Balaban J connectivity index is 0.000000140. The molecule has 113 heavy (non-hydrogen) atoms. The molecule has 23 heteroatoms. The Labute approximate surface area is 653 Å². The van der Waals surface area contributed by atoms with Gasteiger partial charge in [0.05, 0.1) is 32.7 Å². The van der Waals surface area contributed by atoms with Gasteiger partial charge in [-0.25, -0.2) is 79.0 Å². The number of halogens is 18. The summed E-state index contributed by atoms with van der Waals surface area (Å²) in [5.74, 6) is -13.5. The van der Waals surface area contributed by atoms with Gasteiger partial charge < -0.3 is 0 Å². The molecule has 568 valence electrons. The maximum atomic E-state index is 14.3. The third-order valence-electron chi connectivity index (χ3n) is 15.6. The zero-order valence-corrected chi connectivity index (χ0v) is 62.3. The van der Waals surface area contributed by atoms with E-state index in [0.29, 0.717) is 47.6 Å². The molecule has 15 aromatic carbocycles. The molecule has 0 radical (unpaired) electrons. The highest BCUT2D eigenvalue weighted by Gasteiger charge is 2.38. The van der Waals surface area contributed by atoms with Crippen molar-refractivity contribution in [1.82, 2.24) is 0 Å². The van der Waals surface area contributed by atoms with E-state index in [-0.39, 0.29) is 24.5 Å². The van der Waals surface area contributed by atoms with E-state index in [1.54, 1.807) is 60.7 Å². The molecule has 0 amide bonds. The molecule has 0 saturated heterocycles. The third-order valence-corrected chi connectivity index (χ3v) is 26.7. The summed E-state index contributed by atoms with van der Waals surface area (Å²) in [5, 5.41) is 0. The predicted molar refractivity (Wildman–Crippen MR) is 407 cm³/mol. The molecule has 0 heterocycles. The van der Waals surface area contributed by atoms with Crippen LogP contribution in [0.3, 0.4) is 0 Å². The number of benzene rings is 15. The van der Waals surface area contributed by atoms with Gasteiger partial charge in [-0.3, -0.25) is 0 Å². The summed E-state index contributed by atoms with van der Waals surface area (Å²) in [6, 6.07) is 84.4. The molecule has 0 unspecified atom stereocenters. The lowest BCUT2D eigenvalue weighted by molar-refractivity contribution is 0.559. The predicted octanol–water partition coefficient (Wildman–Crippen LogP) is 26.4. The summed E-state index contributed by atoms with van der Waals surface area (Å²) < 4.78 is 245. The van der Waals surface area contributed by atoms with Gasteiger partial charge in [0.15, 0.2) is 76.2 Å². The molecule has 0 spiro atoms. The Bertz CT molecular complexity index is 5260. The molecule has 15 rings (SSSR count). The minimum Gasteiger partial charge on any atom is -0.207 e. The molecule has 0 bridgehead atoms. The van der Waals surface area contributed by atoms with Crippen LogP contribution in [0.15, 0.2) is 419 Å². The molecule has 0 atom stereocenters. The van der Waals surface area contributed by atoms with Crippen LogP contribution in [0.2, 0.25) is 0 Å². The zero-order chi connectivity index (χ0) is 80.2. The van der Waals surface area contributed by atoms with Crippen molar-refractivity contribution < 1.29 is 79.0 Å². The van der Waals surface area contributed by atoms with Crippen LogP contribution >= 0.6 is 0 Å². The molecular formula is C90H57F18S5+5. The lowest BCUT2D eigenvalue weighted by atomic mass is 10.3. The third kappa shape index (κ3) is 22.8. The van der Waals surface area contributed by atoms with Gasteiger partial charge in [-0.2, -0.15) is 0 Å². The fourth-order valence-corrected chi connectivity index (χ4v) is 21.8. The average Bonchev–Trinajstić information content (AvgIpc) is 0.826. The standard InChI is InChI=1S/C18H9F6S.2C18H11F4S.2C18H13F2S/c19-10-1-11(20)5-16(4-10)25(17-6-12(21)2-13(22)7-17)18-8-14(23)3-15(24)9-18;19-12-6-13(20)9-17(8-12)23(16-4-2-1-3-5-16)18-10-14(21)7-15(22)11-18;19-12-6-8-17(15(21)10-12)23(14-4-2-1-3-5-14)18-9-7-13(20)11-16(18)22;19-14-11-15(20)13-18(12-14)21(16-7-3-1-4-8-16)17-9-5-2-6-10-17;19-14-11-12-18(17(20)13-14)21(15-7-3-1-4-8-15)16-9-5-2-6-10-16/h1-9H;2*1-11H;2*1-13H/q5*+1. The molecule has 0 fully saturated rings. The molecule has 0 saturated carbocycles. The second-order valence-electron chi connectivity index (χ2n) is 23.8. The average molecular weight is 1640 g/mol. The molecule has 15 aromatic rings. The lowest BCUT2D eigenvalue weighted by Gasteiger charge is -2.09. The van der Waals surface area contributed by atoms with Gasteiger partial charge in [0.1, 0.15) is 109 Å². The smallest absolute Gasteiger partial charge is 0.202 e. The maximum absolute atomic E-state index is 14.3. The van der Waals surface area contributed by atoms with E-state index < -0.39 is 159 Å². The van der Waals surface area contributed by atoms with Crippen molar-refractivity contribution in [2.24, 2.45) is 0 Å². The summed E-state index contributed by atoms with van der Waals surface area (Å²) in [6.07, 6.45) is 0. The van der Waals surface area contributed by atoms with Crippen LogP contribution in [0.1, 0.15) is 0 Å². The Morgan fingerprint density at radius 3 is 0.451 bits per heavy atom. The highest BCUT2D eigenvalue weighted by Crippen LogP contribution is 2.39. The second-order valence-corrected chi connectivity index (χ2v) is 33.8. The van der Waals surface area contributed by atoms with Crippen molar-refractivity contribution >= 4 is 54.5 Å². The normalized spacial score (nSPS) is 11.0. The van der Waals surface area contributed by atoms with E-state index in [0.717, 1.165) is 105 Å².